The SMILES string of the molecule is CCNC(=NCCCCOCC)N(C)Cc1ccc(OC(F)F)cc1.I. The van der Waals surface area contributed by atoms with Crippen LogP contribution < -0.4 is 10.1 Å². The molecule has 0 saturated heterocycles. The second kappa shape index (κ2) is 15.0. The fourth-order valence-electron chi connectivity index (χ4n) is 2.24. The van der Waals surface area contributed by atoms with Crippen molar-refractivity contribution in [1.82, 2.24) is 10.2 Å². The molecule has 0 radical (unpaired) electrons. The number of guanidine groups is 1. The Labute approximate surface area is 172 Å². The van der Waals surface area contributed by atoms with Gasteiger partial charge in [-0.05, 0) is 44.4 Å². The first-order valence-electron chi connectivity index (χ1n) is 8.67. The molecular formula is C18H30F2IN3O2. The predicted octanol–water partition coefficient (Wildman–Crippen LogP) is 4.12. The fourth-order valence-corrected chi connectivity index (χ4v) is 2.24. The molecule has 0 amide bonds. The first-order chi connectivity index (χ1) is 12.1. The second-order valence-electron chi connectivity index (χ2n) is 5.52. The molecule has 1 N–H and O–H groups in total. The van der Waals surface area contributed by atoms with Gasteiger partial charge in [-0.15, -0.1) is 24.0 Å². The lowest BCUT2D eigenvalue weighted by atomic mass is 10.2. The van der Waals surface area contributed by atoms with Gasteiger partial charge in [-0.3, -0.25) is 4.99 Å². The number of halogens is 3. The summed E-state index contributed by atoms with van der Waals surface area (Å²) in [7, 11) is 1.95. The summed E-state index contributed by atoms with van der Waals surface area (Å²) in [5, 5.41) is 3.26. The summed E-state index contributed by atoms with van der Waals surface area (Å²) in [4.78, 5) is 6.63. The van der Waals surface area contributed by atoms with Crippen LogP contribution in [0.25, 0.3) is 0 Å². The molecule has 26 heavy (non-hydrogen) atoms. The molecule has 0 bridgehead atoms. The molecule has 0 aliphatic carbocycles. The number of rotatable bonds is 11. The van der Waals surface area contributed by atoms with E-state index in [1.165, 1.54) is 0 Å². The number of unbranched alkanes of at least 4 members (excludes halogenated alkanes) is 1. The number of alkyl halides is 2. The van der Waals surface area contributed by atoms with Crippen LogP contribution in [0.5, 0.6) is 5.75 Å². The van der Waals surface area contributed by atoms with Crippen molar-refractivity contribution in [3.63, 3.8) is 0 Å². The van der Waals surface area contributed by atoms with Crippen molar-refractivity contribution < 1.29 is 18.3 Å². The van der Waals surface area contributed by atoms with Crippen molar-refractivity contribution >= 4 is 29.9 Å². The van der Waals surface area contributed by atoms with Crippen LogP contribution in [0, 0.1) is 0 Å². The summed E-state index contributed by atoms with van der Waals surface area (Å²) in [6.07, 6.45) is 1.97. The van der Waals surface area contributed by atoms with Crippen LogP contribution in [-0.2, 0) is 11.3 Å². The van der Waals surface area contributed by atoms with Crippen LogP contribution in [0.3, 0.4) is 0 Å². The zero-order chi connectivity index (χ0) is 18.5. The monoisotopic (exact) mass is 485 g/mol. The van der Waals surface area contributed by atoms with Gasteiger partial charge < -0.3 is 19.7 Å². The Hall–Kier alpha value is -1.16. The highest BCUT2D eigenvalue weighted by atomic mass is 127. The summed E-state index contributed by atoms with van der Waals surface area (Å²) >= 11 is 0. The van der Waals surface area contributed by atoms with Gasteiger partial charge in [0.2, 0.25) is 0 Å². The molecule has 0 atom stereocenters. The van der Waals surface area contributed by atoms with Crippen molar-refractivity contribution in [2.75, 3.05) is 33.4 Å². The van der Waals surface area contributed by atoms with Crippen LogP contribution in [0.15, 0.2) is 29.3 Å². The van der Waals surface area contributed by atoms with E-state index in [1.54, 1.807) is 24.3 Å². The molecule has 1 aromatic carbocycles. The molecule has 0 aliphatic rings. The van der Waals surface area contributed by atoms with Gasteiger partial charge >= 0.3 is 6.61 Å². The maximum atomic E-state index is 12.2. The van der Waals surface area contributed by atoms with E-state index in [4.69, 9.17) is 4.74 Å². The summed E-state index contributed by atoms with van der Waals surface area (Å²) in [6, 6.07) is 6.65. The van der Waals surface area contributed by atoms with Crippen LogP contribution in [0.2, 0.25) is 0 Å². The molecule has 0 aliphatic heterocycles. The van der Waals surface area contributed by atoms with Gasteiger partial charge in [0.1, 0.15) is 5.75 Å². The molecule has 0 saturated carbocycles. The van der Waals surface area contributed by atoms with E-state index in [-0.39, 0.29) is 29.7 Å². The number of benzene rings is 1. The highest BCUT2D eigenvalue weighted by Crippen LogP contribution is 2.15. The largest absolute Gasteiger partial charge is 0.435 e. The van der Waals surface area contributed by atoms with Crippen molar-refractivity contribution in [2.45, 2.75) is 39.8 Å². The first kappa shape index (κ1) is 24.8. The lowest BCUT2D eigenvalue weighted by Gasteiger charge is -2.22. The molecule has 0 fully saturated rings. The Morgan fingerprint density at radius 3 is 2.46 bits per heavy atom. The molecule has 0 heterocycles. The maximum absolute atomic E-state index is 12.2. The average Bonchev–Trinajstić information content (AvgIpc) is 2.58. The van der Waals surface area contributed by atoms with E-state index >= 15 is 0 Å². The quantitative estimate of drug-likeness (QED) is 0.222. The number of aliphatic imine (C=N–C) groups is 1. The lowest BCUT2D eigenvalue weighted by Crippen LogP contribution is -2.38. The molecule has 8 heteroatoms. The molecule has 0 spiro atoms. The number of nitrogens with one attached hydrogen (secondary N) is 1. The highest BCUT2D eigenvalue weighted by Gasteiger charge is 2.08. The van der Waals surface area contributed by atoms with E-state index in [0.29, 0.717) is 6.54 Å². The van der Waals surface area contributed by atoms with E-state index < -0.39 is 6.61 Å². The summed E-state index contributed by atoms with van der Waals surface area (Å²) in [5.74, 6) is 0.989. The Morgan fingerprint density at radius 2 is 1.88 bits per heavy atom. The lowest BCUT2D eigenvalue weighted by molar-refractivity contribution is -0.0498. The zero-order valence-corrected chi connectivity index (χ0v) is 18.0. The molecule has 1 rings (SSSR count). The van der Waals surface area contributed by atoms with Crippen molar-refractivity contribution in [1.29, 1.82) is 0 Å². The van der Waals surface area contributed by atoms with Gasteiger partial charge in [0, 0.05) is 39.9 Å². The molecule has 5 nitrogen and oxygen atoms in total. The van der Waals surface area contributed by atoms with Gasteiger partial charge in [0.15, 0.2) is 5.96 Å². The zero-order valence-electron chi connectivity index (χ0n) is 15.7. The third-order valence-corrected chi connectivity index (χ3v) is 3.43. The van der Waals surface area contributed by atoms with E-state index in [2.05, 4.69) is 15.0 Å². The second-order valence-corrected chi connectivity index (χ2v) is 5.52. The minimum Gasteiger partial charge on any atom is -0.435 e. The standard InChI is InChI=1S/C18H29F2N3O2.HI/c1-4-21-18(22-12-6-7-13-24-5-2)23(3)14-15-8-10-16(11-9-15)25-17(19)20;/h8-11,17H,4-7,12-14H2,1-3H3,(H,21,22);1H. The van der Waals surface area contributed by atoms with Gasteiger partial charge in [-0.25, -0.2) is 0 Å². The summed E-state index contributed by atoms with van der Waals surface area (Å²) < 4.78 is 34.0. The Bertz CT molecular complexity index is 502. The maximum Gasteiger partial charge on any atom is 0.387 e. The molecule has 1 aromatic rings. The molecular weight excluding hydrogens is 455 g/mol. The number of nitrogens with zero attached hydrogens (tertiary/aromatic N) is 2. The Balaban J connectivity index is 0.00000625. The van der Waals surface area contributed by atoms with Crippen LogP contribution in [0.1, 0.15) is 32.3 Å². The fraction of sp³-hybridized carbons (Fsp3) is 0.611. The van der Waals surface area contributed by atoms with E-state index in [0.717, 1.165) is 50.7 Å². The van der Waals surface area contributed by atoms with Crippen molar-refractivity contribution in [2.24, 2.45) is 4.99 Å². The van der Waals surface area contributed by atoms with Gasteiger partial charge in [0.05, 0.1) is 0 Å². The van der Waals surface area contributed by atoms with Gasteiger partial charge in [0.25, 0.3) is 0 Å². The smallest absolute Gasteiger partial charge is 0.387 e. The molecule has 0 aromatic heterocycles. The third kappa shape index (κ3) is 10.7. The molecule has 0 unspecified atom stereocenters. The summed E-state index contributed by atoms with van der Waals surface area (Å²) in [5.41, 5.74) is 0.992. The van der Waals surface area contributed by atoms with E-state index in [9.17, 15) is 8.78 Å². The predicted molar refractivity (Wildman–Crippen MR) is 112 cm³/mol. The average molecular weight is 485 g/mol. The van der Waals surface area contributed by atoms with Crippen molar-refractivity contribution in [3.05, 3.63) is 29.8 Å². The highest BCUT2D eigenvalue weighted by molar-refractivity contribution is 14.0. The van der Waals surface area contributed by atoms with Crippen molar-refractivity contribution in [3.8, 4) is 5.75 Å². The number of hydrogen-bond acceptors (Lipinski definition) is 3. The molecule has 150 valence electrons. The topological polar surface area (TPSA) is 46.1 Å². The Kier molecular flexibility index (Phi) is 14.3. The van der Waals surface area contributed by atoms with Crippen LogP contribution >= 0.6 is 24.0 Å². The normalized spacial score (nSPS) is 11.2. The Morgan fingerprint density at radius 1 is 1.19 bits per heavy atom. The first-order valence-corrected chi connectivity index (χ1v) is 8.67. The number of ether oxygens (including phenoxy) is 2. The summed E-state index contributed by atoms with van der Waals surface area (Å²) in [6.45, 7) is 4.87. The van der Waals surface area contributed by atoms with E-state index in [1.807, 2.05) is 25.8 Å². The minimum absolute atomic E-state index is 0. The minimum atomic E-state index is -2.80. The third-order valence-electron chi connectivity index (χ3n) is 3.43. The van der Waals surface area contributed by atoms with Gasteiger partial charge in [-0.2, -0.15) is 8.78 Å². The number of hydrogen-bond donors (Lipinski definition) is 1. The van der Waals surface area contributed by atoms with Crippen LogP contribution in [-0.4, -0.2) is 50.8 Å². The van der Waals surface area contributed by atoms with Crippen LogP contribution in [0.4, 0.5) is 8.78 Å². The van der Waals surface area contributed by atoms with Gasteiger partial charge in [-0.1, -0.05) is 12.1 Å².